The number of hydrogen-bond acceptors (Lipinski definition) is 6. The summed E-state index contributed by atoms with van der Waals surface area (Å²) in [5.41, 5.74) is 7.45. The van der Waals surface area contributed by atoms with Gasteiger partial charge < -0.3 is 20.4 Å². The van der Waals surface area contributed by atoms with E-state index < -0.39 is 0 Å². The first-order chi connectivity index (χ1) is 13.1. The number of pyridine rings is 1. The van der Waals surface area contributed by atoms with Gasteiger partial charge in [0.2, 0.25) is 5.91 Å². The van der Waals surface area contributed by atoms with Crippen molar-refractivity contribution in [2.75, 3.05) is 53.6 Å². The molecule has 3 rings (SSSR count). The van der Waals surface area contributed by atoms with Crippen molar-refractivity contribution in [2.45, 2.75) is 25.2 Å². The van der Waals surface area contributed by atoms with Crippen LogP contribution in [0.2, 0.25) is 0 Å². The van der Waals surface area contributed by atoms with E-state index in [4.69, 9.17) is 10.7 Å². The zero-order valence-corrected chi connectivity index (χ0v) is 18.1. The van der Waals surface area contributed by atoms with Gasteiger partial charge >= 0.3 is 0 Å². The number of fused-ring (bicyclic) bond motifs is 1. The van der Waals surface area contributed by atoms with Crippen molar-refractivity contribution in [3.63, 3.8) is 0 Å². The molecule has 1 aliphatic heterocycles. The summed E-state index contributed by atoms with van der Waals surface area (Å²) in [5.74, 6) is 0.0441. The maximum Gasteiger partial charge on any atom is 0.265 e. The molecule has 0 radical (unpaired) electrons. The summed E-state index contributed by atoms with van der Waals surface area (Å²) in [6, 6.07) is 3.96. The van der Waals surface area contributed by atoms with Crippen molar-refractivity contribution in [1.29, 1.82) is 0 Å². The first kappa shape index (κ1) is 20.5. The summed E-state index contributed by atoms with van der Waals surface area (Å²) in [5, 5.41) is 0.818. The summed E-state index contributed by atoms with van der Waals surface area (Å²) in [6.07, 6.45) is 1.92. The van der Waals surface area contributed by atoms with Crippen molar-refractivity contribution < 1.29 is 9.59 Å². The average molecular weight is 404 g/mol. The van der Waals surface area contributed by atoms with E-state index in [1.165, 1.54) is 16.2 Å². The van der Waals surface area contributed by atoms with Crippen LogP contribution < -0.4 is 5.73 Å². The van der Waals surface area contributed by atoms with Crippen LogP contribution in [-0.4, -0.2) is 79.3 Å². The summed E-state index contributed by atoms with van der Waals surface area (Å²) in [6.45, 7) is 4.03. The fraction of sp³-hybridized carbons (Fsp3) is 0.550. The zero-order chi connectivity index (χ0) is 20.6. The van der Waals surface area contributed by atoms with Crippen LogP contribution in [0, 0.1) is 0 Å². The van der Waals surface area contributed by atoms with E-state index in [1.54, 1.807) is 14.1 Å². The molecule has 28 heavy (non-hydrogen) atoms. The van der Waals surface area contributed by atoms with E-state index in [9.17, 15) is 9.59 Å². The molecule has 2 amide bonds. The number of hydrogen-bond donors (Lipinski definition) is 1. The molecule has 152 valence electrons. The lowest BCUT2D eigenvalue weighted by Gasteiger charge is -2.40. The minimum absolute atomic E-state index is 0.105. The summed E-state index contributed by atoms with van der Waals surface area (Å²) < 4.78 is 0. The minimum Gasteiger partial charge on any atom is -0.397 e. The molecule has 7 nitrogen and oxygen atoms in total. The first-order valence-corrected chi connectivity index (χ1v) is 10.3. The summed E-state index contributed by atoms with van der Waals surface area (Å²) in [4.78, 5) is 36.4. The van der Waals surface area contributed by atoms with Crippen molar-refractivity contribution in [3.05, 3.63) is 22.7 Å². The summed E-state index contributed by atoms with van der Waals surface area (Å²) >= 11 is 1.34. The third-order valence-electron chi connectivity index (χ3n) is 5.31. The number of carbonyl (C=O) groups excluding carboxylic acids is 2. The fourth-order valence-corrected chi connectivity index (χ4v) is 4.84. The molecule has 8 heteroatoms. The van der Waals surface area contributed by atoms with Crippen molar-refractivity contribution >= 4 is 39.1 Å². The smallest absolute Gasteiger partial charge is 0.265 e. The van der Waals surface area contributed by atoms with Gasteiger partial charge in [0.15, 0.2) is 0 Å². The maximum absolute atomic E-state index is 12.5. The normalized spacial score (nSPS) is 20.0. The third kappa shape index (κ3) is 3.84. The minimum atomic E-state index is -0.209. The molecule has 2 N–H and O–H groups in total. The Kier molecular flexibility index (Phi) is 5.63. The first-order valence-electron chi connectivity index (χ1n) is 9.46. The Morgan fingerprint density at radius 2 is 2.00 bits per heavy atom. The lowest BCUT2D eigenvalue weighted by molar-refractivity contribution is -0.134. The SMILES string of the molecule is CN(C)CC(=O)N1CCC[C@](C)(c2ccc3c(N)c(C(=O)N(C)C)sc3n2)C1. The number of likely N-dealkylation sites (N-methyl/N-ethyl adjacent to an activating group) is 1. The van der Waals surface area contributed by atoms with Gasteiger partial charge in [-0.2, -0.15) is 0 Å². The largest absolute Gasteiger partial charge is 0.397 e. The second-order valence-corrected chi connectivity index (χ2v) is 9.31. The van der Waals surface area contributed by atoms with E-state index in [0.717, 1.165) is 35.3 Å². The number of anilines is 1. The van der Waals surface area contributed by atoms with E-state index in [2.05, 4.69) is 6.92 Å². The Morgan fingerprint density at radius 3 is 2.64 bits per heavy atom. The van der Waals surface area contributed by atoms with Crippen molar-refractivity contribution in [1.82, 2.24) is 19.7 Å². The van der Waals surface area contributed by atoms with Gasteiger partial charge in [0.25, 0.3) is 5.91 Å². The molecule has 0 spiro atoms. The predicted octanol–water partition coefficient (Wildman–Crippen LogP) is 2.02. The highest BCUT2D eigenvalue weighted by atomic mass is 32.1. The zero-order valence-electron chi connectivity index (χ0n) is 17.3. The number of nitrogen functional groups attached to an aromatic ring is 1. The second-order valence-electron chi connectivity index (χ2n) is 8.31. The Labute approximate surface area is 170 Å². The van der Waals surface area contributed by atoms with Crippen LogP contribution in [0.1, 0.15) is 35.1 Å². The molecule has 0 unspecified atom stereocenters. The number of piperidine rings is 1. The van der Waals surface area contributed by atoms with E-state index >= 15 is 0 Å². The molecule has 1 atom stereocenters. The Balaban J connectivity index is 1.92. The molecule has 0 saturated carbocycles. The molecule has 3 heterocycles. The van der Waals surface area contributed by atoms with Crippen LogP contribution in [0.15, 0.2) is 12.1 Å². The van der Waals surface area contributed by atoms with Crippen LogP contribution in [0.4, 0.5) is 5.69 Å². The topological polar surface area (TPSA) is 82.8 Å². The average Bonchev–Trinajstić information content (AvgIpc) is 2.96. The van der Waals surface area contributed by atoms with Gasteiger partial charge in [-0.25, -0.2) is 4.98 Å². The highest BCUT2D eigenvalue weighted by molar-refractivity contribution is 7.21. The number of nitrogens with two attached hydrogens (primary N) is 1. The molecular weight excluding hydrogens is 374 g/mol. The molecule has 0 aromatic carbocycles. The maximum atomic E-state index is 12.5. The van der Waals surface area contributed by atoms with Gasteiger partial charge in [-0.15, -0.1) is 11.3 Å². The highest BCUT2D eigenvalue weighted by Crippen LogP contribution is 2.37. The van der Waals surface area contributed by atoms with E-state index in [-0.39, 0.29) is 17.2 Å². The number of nitrogens with zero attached hydrogens (tertiary/aromatic N) is 4. The lowest BCUT2D eigenvalue weighted by atomic mass is 9.78. The number of thiophene rings is 1. The van der Waals surface area contributed by atoms with E-state index in [1.807, 2.05) is 36.0 Å². The molecule has 2 aromatic heterocycles. The van der Waals surface area contributed by atoms with Crippen LogP contribution in [0.5, 0.6) is 0 Å². The van der Waals surface area contributed by atoms with Gasteiger partial charge in [-0.1, -0.05) is 6.92 Å². The van der Waals surface area contributed by atoms with Crippen molar-refractivity contribution in [3.8, 4) is 0 Å². The summed E-state index contributed by atoms with van der Waals surface area (Å²) in [7, 11) is 7.25. The number of likely N-dealkylation sites (tertiary alicyclic amines) is 1. The lowest BCUT2D eigenvalue weighted by Crippen LogP contribution is -2.49. The molecule has 1 aliphatic rings. The van der Waals surface area contributed by atoms with Crippen LogP contribution in [-0.2, 0) is 10.2 Å². The molecule has 2 aromatic rings. The van der Waals surface area contributed by atoms with Gasteiger partial charge in [0.1, 0.15) is 9.71 Å². The molecule has 0 bridgehead atoms. The van der Waals surface area contributed by atoms with Crippen LogP contribution >= 0.6 is 11.3 Å². The molecule has 1 saturated heterocycles. The standard InChI is InChI=1S/C20H29N5O2S/c1-20(9-6-10-25(12-20)15(26)11-23(2)3)14-8-7-13-16(21)17(19(27)24(4)5)28-18(13)22-14/h7-8H,6,9-12,21H2,1-5H3/t20-/m0/s1. The van der Waals surface area contributed by atoms with Gasteiger partial charge in [0.05, 0.1) is 12.2 Å². The number of carbonyl (C=O) groups is 2. The number of amides is 2. The number of aromatic nitrogens is 1. The Hall–Kier alpha value is -2.19. The quantitative estimate of drug-likeness (QED) is 0.845. The van der Waals surface area contributed by atoms with Gasteiger partial charge in [-0.05, 0) is 39.1 Å². The molecule has 0 aliphatic carbocycles. The highest BCUT2D eigenvalue weighted by Gasteiger charge is 2.36. The Bertz CT molecular complexity index is 907. The predicted molar refractivity (Wildman–Crippen MR) is 114 cm³/mol. The fourth-order valence-electron chi connectivity index (χ4n) is 3.73. The van der Waals surface area contributed by atoms with E-state index in [0.29, 0.717) is 23.7 Å². The Morgan fingerprint density at radius 1 is 1.29 bits per heavy atom. The second kappa shape index (κ2) is 7.67. The van der Waals surface area contributed by atoms with Crippen LogP contribution in [0.25, 0.3) is 10.2 Å². The molecular formula is C20H29N5O2S. The van der Waals surface area contributed by atoms with Gasteiger partial charge in [-0.3, -0.25) is 9.59 Å². The van der Waals surface area contributed by atoms with Crippen LogP contribution in [0.3, 0.4) is 0 Å². The van der Waals surface area contributed by atoms with Gasteiger partial charge in [0, 0.05) is 43.7 Å². The third-order valence-corrected chi connectivity index (χ3v) is 6.42. The number of rotatable bonds is 4. The van der Waals surface area contributed by atoms with Crippen molar-refractivity contribution in [2.24, 2.45) is 0 Å². The monoisotopic (exact) mass is 403 g/mol. The molecule has 1 fully saturated rings.